The summed E-state index contributed by atoms with van der Waals surface area (Å²) in [6.07, 6.45) is -2.11. The van der Waals surface area contributed by atoms with Gasteiger partial charge >= 0.3 is 6.18 Å². The molecule has 1 atom stereocenters. The van der Waals surface area contributed by atoms with Crippen LogP contribution >= 0.6 is 0 Å². The Morgan fingerprint density at radius 3 is 2.48 bits per heavy atom. The summed E-state index contributed by atoms with van der Waals surface area (Å²) in [4.78, 5) is 11.9. The Balaban J connectivity index is 2.40. The van der Waals surface area contributed by atoms with Crippen molar-refractivity contribution in [2.45, 2.75) is 52.3 Å². The number of halogens is 3. The summed E-state index contributed by atoms with van der Waals surface area (Å²) in [5.41, 5.74) is 2.49. The average molecular weight is 328 g/mol. The van der Waals surface area contributed by atoms with Crippen LogP contribution in [0.5, 0.6) is 0 Å². The molecule has 128 valence electrons. The maximum atomic E-state index is 13.7. The van der Waals surface area contributed by atoms with E-state index in [1.165, 1.54) is 6.07 Å². The highest BCUT2D eigenvalue weighted by Crippen LogP contribution is 2.41. The molecule has 1 fully saturated rings. The molecule has 1 aliphatic rings. The van der Waals surface area contributed by atoms with Crippen LogP contribution in [0.3, 0.4) is 0 Å². The molecule has 0 saturated carbocycles. The predicted octanol–water partition coefficient (Wildman–Crippen LogP) is 4.01. The van der Waals surface area contributed by atoms with E-state index >= 15 is 0 Å². The third kappa shape index (κ3) is 3.86. The van der Waals surface area contributed by atoms with Crippen LogP contribution in [0.15, 0.2) is 24.3 Å². The van der Waals surface area contributed by atoms with Gasteiger partial charge in [-0.05, 0) is 37.8 Å². The molecule has 23 heavy (non-hydrogen) atoms. The number of benzene rings is 1. The summed E-state index contributed by atoms with van der Waals surface area (Å²) in [7, 11) is 0. The van der Waals surface area contributed by atoms with E-state index in [2.05, 4.69) is 5.43 Å². The Kier molecular flexibility index (Phi) is 5.04. The van der Waals surface area contributed by atoms with Gasteiger partial charge in [-0.1, -0.05) is 37.6 Å². The van der Waals surface area contributed by atoms with Gasteiger partial charge in [0.05, 0.1) is 5.41 Å². The number of nitrogens with zero attached hydrogens (tertiary/aromatic N) is 1. The fourth-order valence-electron chi connectivity index (χ4n) is 2.89. The molecule has 1 heterocycles. The van der Waals surface area contributed by atoms with Gasteiger partial charge in [-0.25, -0.2) is 5.01 Å². The first kappa shape index (κ1) is 17.8. The highest BCUT2D eigenvalue weighted by atomic mass is 19.4. The molecule has 1 aliphatic heterocycles. The second-order valence-corrected chi connectivity index (χ2v) is 6.70. The zero-order chi connectivity index (χ0) is 17.3. The van der Waals surface area contributed by atoms with E-state index < -0.39 is 17.6 Å². The van der Waals surface area contributed by atoms with Gasteiger partial charge < -0.3 is 0 Å². The third-order valence-electron chi connectivity index (χ3n) is 4.20. The van der Waals surface area contributed by atoms with E-state index in [0.717, 1.165) is 17.9 Å². The van der Waals surface area contributed by atoms with Gasteiger partial charge in [-0.3, -0.25) is 10.2 Å². The minimum Gasteiger partial charge on any atom is -0.287 e. The molecule has 1 amide bonds. The summed E-state index contributed by atoms with van der Waals surface area (Å²) in [5, 5.41) is 1.03. The smallest absolute Gasteiger partial charge is 0.287 e. The molecule has 0 aromatic heterocycles. The molecular weight excluding hydrogens is 305 g/mol. The minimum absolute atomic E-state index is 0.0259. The number of hydrogen-bond acceptors (Lipinski definition) is 2. The van der Waals surface area contributed by atoms with E-state index in [1.807, 2.05) is 6.92 Å². The first-order valence-electron chi connectivity index (χ1n) is 7.89. The zero-order valence-corrected chi connectivity index (χ0v) is 13.7. The number of nitrogens with one attached hydrogen (secondary N) is 1. The monoisotopic (exact) mass is 328 g/mol. The van der Waals surface area contributed by atoms with E-state index in [1.54, 1.807) is 32.0 Å². The maximum Gasteiger partial charge on any atom is 0.409 e. The van der Waals surface area contributed by atoms with Gasteiger partial charge in [0.15, 0.2) is 0 Å². The SMILES string of the molecule is CCCCc1ccccc1[C@H](N1CC(C)(C)C(=O)N1)C(F)(F)F. The Bertz CT molecular complexity index is 569. The number of alkyl halides is 3. The second-order valence-electron chi connectivity index (χ2n) is 6.70. The lowest BCUT2D eigenvalue weighted by Crippen LogP contribution is -2.44. The fraction of sp³-hybridized carbons (Fsp3) is 0.588. The quantitative estimate of drug-likeness (QED) is 0.886. The average Bonchev–Trinajstić information content (AvgIpc) is 2.70. The molecule has 3 nitrogen and oxygen atoms in total. The normalized spacial score (nSPS) is 19.7. The molecule has 1 N–H and O–H groups in total. The van der Waals surface area contributed by atoms with Crippen LogP contribution < -0.4 is 5.43 Å². The van der Waals surface area contributed by atoms with Crippen LogP contribution in [0.25, 0.3) is 0 Å². The number of hydrogen-bond donors (Lipinski definition) is 1. The van der Waals surface area contributed by atoms with Crippen molar-refractivity contribution in [1.29, 1.82) is 0 Å². The van der Waals surface area contributed by atoms with Crippen molar-refractivity contribution in [1.82, 2.24) is 10.4 Å². The number of rotatable bonds is 5. The number of unbranched alkanes of at least 4 members (excludes halogenated alkanes) is 1. The second kappa shape index (κ2) is 6.51. The number of aryl methyl sites for hydroxylation is 1. The highest BCUT2D eigenvalue weighted by Gasteiger charge is 2.51. The molecule has 1 aromatic rings. The summed E-state index contributed by atoms with van der Waals surface area (Å²) in [6, 6.07) is 4.82. The number of carbonyl (C=O) groups excluding carboxylic acids is 1. The van der Waals surface area contributed by atoms with Crippen LogP contribution in [0.1, 0.15) is 50.8 Å². The van der Waals surface area contributed by atoms with Crippen molar-refractivity contribution in [3.63, 3.8) is 0 Å². The Morgan fingerprint density at radius 1 is 1.30 bits per heavy atom. The third-order valence-corrected chi connectivity index (χ3v) is 4.20. The van der Waals surface area contributed by atoms with Crippen LogP contribution in [0.4, 0.5) is 13.2 Å². The minimum atomic E-state index is -4.46. The Hall–Kier alpha value is -1.56. The van der Waals surface area contributed by atoms with Gasteiger partial charge in [-0.2, -0.15) is 13.2 Å². The van der Waals surface area contributed by atoms with Crippen molar-refractivity contribution in [2.75, 3.05) is 6.54 Å². The van der Waals surface area contributed by atoms with Crippen molar-refractivity contribution >= 4 is 5.91 Å². The molecule has 0 radical (unpaired) electrons. The van der Waals surface area contributed by atoms with Crippen molar-refractivity contribution < 1.29 is 18.0 Å². The molecule has 0 unspecified atom stereocenters. The van der Waals surface area contributed by atoms with Gasteiger partial charge in [0.25, 0.3) is 0 Å². The Labute approximate surface area is 134 Å². The van der Waals surface area contributed by atoms with E-state index in [9.17, 15) is 18.0 Å². The molecule has 1 aromatic carbocycles. The van der Waals surface area contributed by atoms with Crippen molar-refractivity contribution in [2.24, 2.45) is 5.41 Å². The maximum absolute atomic E-state index is 13.7. The van der Waals surface area contributed by atoms with Crippen LogP contribution in [0.2, 0.25) is 0 Å². The van der Waals surface area contributed by atoms with Gasteiger partial charge in [0.1, 0.15) is 6.04 Å². The van der Waals surface area contributed by atoms with E-state index in [0.29, 0.717) is 12.0 Å². The van der Waals surface area contributed by atoms with Crippen LogP contribution in [-0.4, -0.2) is 23.6 Å². The molecule has 1 saturated heterocycles. The topological polar surface area (TPSA) is 32.3 Å². The summed E-state index contributed by atoms with van der Waals surface area (Å²) < 4.78 is 41.2. The number of amides is 1. The summed E-state index contributed by atoms with van der Waals surface area (Å²) in [6.45, 7) is 5.34. The van der Waals surface area contributed by atoms with E-state index in [4.69, 9.17) is 0 Å². The van der Waals surface area contributed by atoms with Gasteiger partial charge in [0, 0.05) is 6.54 Å². The van der Waals surface area contributed by atoms with Crippen LogP contribution in [-0.2, 0) is 11.2 Å². The zero-order valence-electron chi connectivity index (χ0n) is 13.7. The highest BCUT2D eigenvalue weighted by molar-refractivity contribution is 5.83. The van der Waals surface area contributed by atoms with Crippen molar-refractivity contribution in [3.05, 3.63) is 35.4 Å². The lowest BCUT2D eigenvalue weighted by atomic mass is 9.92. The van der Waals surface area contributed by atoms with Crippen molar-refractivity contribution in [3.8, 4) is 0 Å². The molecule has 0 aliphatic carbocycles. The Morgan fingerprint density at radius 2 is 1.96 bits per heavy atom. The summed E-state index contributed by atoms with van der Waals surface area (Å²) in [5.74, 6) is -0.377. The van der Waals surface area contributed by atoms with Gasteiger partial charge in [0.2, 0.25) is 5.91 Å². The molecule has 2 rings (SSSR count). The number of hydrazine groups is 1. The van der Waals surface area contributed by atoms with Gasteiger partial charge in [-0.15, -0.1) is 0 Å². The lowest BCUT2D eigenvalue weighted by molar-refractivity contribution is -0.191. The fourth-order valence-corrected chi connectivity index (χ4v) is 2.89. The molecular formula is C17H23F3N2O. The first-order chi connectivity index (χ1) is 10.7. The molecule has 0 bridgehead atoms. The lowest BCUT2D eigenvalue weighted by Gasteiger charge is -2.31. The predicted molar refractivity (Wildman–Crippen MR) is 82.5 cm³/mol. The van der Waals surface area contributed by atoms with Crippen LogP contribution in [0, 0.1) is 5.41 Å². The number of carbonyl (C=O) groups is 1. The standard InChI is InChI=1S/C17H23F3N2O/c1-4-5-8-12-9-6-7-10-13(12)14(17(18,19)20)22-11-16(2,3)15(23)21-22/h6-7,9-10,14H,4-5,8,11H2,1-3H3,(H,21,23)/t14-/m0/s1. The molecule has 0 spiro atoms. The summed E-state index contributed by atoms with van der Waals surface area (Å²) >= 11 is 0. The molecule has 6 heteroatoms. The van der Waals surface area contributed by atoms with E-state index in [-0.39, 0.29) is 18.0 Å². The largest absolute Gasteiger partial charge is 0.409 e. The first-order valence-corrected chi connectivity index (χ1v) is 7.89.